The standard InChI is InChI=1S/C6H10N2O3/c1-8-4(2-5(9)10)3-7-6(8)11/h4H,2-3H2,1H3,(H,7,11)(H,9,10). The van der Waals surface area contributed by atoms with Crippen molar-refractivity contribution in [3.8, 4) is 0 Å². The zero-order valence-electron chi connectivity index (χ0n) is 6.20. The number of urea groups is 1. The first-order valence-electron chi connectivity index (χ1n) is 3.33. The summed E-state index contributed by atoms with van der Waals surface area (Å²) in [5.74, 6) is -0.877. The fraction of sp³-hybridized carbons (Fsp3) is 0.667. The molecule has 0 spiro atoms. The van der Waals surface area contributed by atoms with Gasteiger partial charge in [-0.05, 0) is 0 Å². The van der Waals surface area contributed by atoms with Crippen molar-refractivity contribution in [2.24, 2.45) is 0 Å². The van der Waals surface area contributed by atoms with Crippen LogP contribution in [-0.2, 0) is 4.79 Å². The highest BCUT2D eigenvalue weighted by atomic mass is 16.4. The third kappa shape index (κ3) is 1.60. The summed E-state index contributed by atoms with van der Waals surface area (Å²) in [6, 6.07) is -0.392. The fourth-order valence-corrected chi connectivity index (χ4v) is 1.04. The van der Waals surface area contributed by atoms with Crippen molar-refractivity contribution in [2.45, 2.75) is 12.5 Å². The van der Waals surface area contributed by atoms with Crippen molar-refractivity contribution in [1.29, 1.82) is 0 Å². The van der Waals surface area contributed by atoms with Gasteiger partial charge in [0.1, 0.15) is 0 Å². The van der Waals surface area contributed by atoms with Gasteiger partial charge in [-0.15, -0.1) is 0 Å². The van der Waals surface area contributed by atoms with Crippen molar-refractivity contribution in [3.63, 3.8) is 0 Å². The highest BCUT2D eigenvalue weighted by molar-refractivity contribution is 5.78. The van der Waals surface area contributed by atoms with Crippen molar-refractivity contribution in [1.82, 2.24) is 10.2 Å². The summed E-state index contributed by atoms with van der Waals surface area (Å²) in [6.07, 6.45) is 0.00917. The number of amides is 2. The van der Waals surface area contributed by atoms with Gasteiger partial charge in [0.25, 0.3) is 0 Å². The molecule has 62 valence electrons. The number of carbonyl (C=O) groups excluding carboxylic acids is 1. The number of hydrogen-bond acceptors (Lipinski definition) is 2. The van der Waals surface area contributed by atoms with E-state index in [4.69, 9.17) is 5.11 Å². The average Bonchev–Trinajstić information content (AvgIpc) is 2.18. The molecule has 1 rings (SSSR count). The number of carboxylic acid groups (broad SMARTS) is 1. The first-order chi connectivity index (χ1) is 5.11. The first kappa shape index (κ1) is 7.84. The molecular weight excluding hydrogens is 148 g/mol. The smallest absolute Gasteiger partial charge is 0.317 e. The molecule has 0 bridgehead atoms. The van der Waals surface area contributed by atoms with Crippen molar-refractivity contribution < 1.29 is 14.7 Å². The van der Waals surface area contributed by atoms with Gasteiger partial charge in [0, 0.05) is 13.6 Å². The topological polar surface area (TPSA) is 69.6 Å². The average molecular weight is 158 g/mol. The van der Waals surface area contributed by atoms with Crippen LogP contribution in [0, 0.1) is 0 Å². The maximum Gasteiger partial charge on any atom is 0.317 e. The predicted molar refractivity (Wildman–Crippen MR) is 37.2 cm³/mol. The Balaban J connectivity index is 2.48. The third-order valence-corrected chi connectivity index (χ3v) is 1.77. The highest BCUT2D eigenvalue weighted by Gasteiger charge is 2.28. The number of nitrogens with zero attached hydrogens (tertiary/aromatic N) is 1. The van der Waals surface area contributed by atoms with Gasteiger partial charge in [-0.2, -0.15) is 0 Å². The van der Waals surface area contributed by atoms with Gasteiger partial charge in [0.05, 0.1) is 12.5 Å². The van der Waals surface area contributed by atoms with E-state index in [0.29, 0.717) is 6.54 Å². The summed E-state index contributed by atoms with van der Waals surface area (Å²) in [7, 11) is 1.59. The lowest BCUT2D eigenvalue weighted by Gasteiger charge is -2.14. The maximum atomic E-state index is 10.8. The van der Waals surface area contributed by atoms with Crippen molar-refractivity contribution in [3.05, 3.63) is 0 Å². The molecule has 5 nitrogen and oxygen atoms in total. The van der Waals surface area contributed by atoms with Crippen LogP contribution in [0.5, 0.6) is 0 Å². The number of carboxylic acids is 1. The van der Waals surface area contributed by atoms with E-state index < -0.39 is 5.97 Å². The van der Waals surface area contributed by atoms with Gasteiger partial charge >= 0.3 is 12.0 Å². The Bertz CT molecular complexity index is 192. The molecule has 11 heavy (non-hydrogen) atoms. The van der Waals surface area contributed by atoms with Crippen LogP contribution in [-0.4, -0.2) is 41.6 Å². The molecule has 1 unspecified atom stereocenters. The molecule has 1 saturated heterocycles. The molecule has 2 amide bonds. The second-order valence-corrected chi connectivity index (χ2v) is 2.55. The van der Waals surface area contributed by atoms with Gasteiger partial charge < -0.3 is 15.3 Å². The Morgan fingerprint density at radius 2 is 2.55 bits per heavy atom. The monoisotopic (exact) mass is 158 g/mol. The van der Waals surface area contributed by atoms with Crippen LogP contribution >= 0.6 is 0 Å². The summed E-state index contributed by atoms with van der Waals surface area (Å²) in [5.41, 5.74) is 0. The number of carbonyl (C=O) groups is 2. The Hall–Kier alpha value is -1.26. The largest absolute Gasteiger partial charge is 0.481 e. The van der Waals surface area contributed by atoms with Crippen LogP contribution in [0.2, 0.25) is 0 Å². The minimum Gasteiger partial charge on any atom is -0.481 e. The molecule has 0 aromatic carbocycles. The molecule has 0 saturated carbocycles. The number of likely N-dealkylation sites (N-methyl/N-ethyl adjacent to an activating group) is 1. The molecule has 1 heterocycles. The molecule has 1 fully saturated rings. The highest BCUT2D eigenvalue weighted by Crippen LogP contribution is 2.06. The lowest BCUT2D eigenvalue weighted by Crippen LogP contribution is -2.31. The number of rotatable bonds is 2. The van der Waals surface area contributed by atoms with Crippen LogP contribution in [0.3, 0.4) is 0 Å². The predicted octanol–water partition coefficient (Wildman–Crippen LogP) is -0.515. The summed E-state index contributed by atoms with van der Waals surface area (Å²) in [6.45, 7) is 0.432. The molecule has 5 heteroatoms. The van der Waals surface area contributed by atoms with Crippen LogP contribution in [0.25, 0.3) is 0 Å². The van der Waals surface area contributed by atoms with E-state index in [-0.39, 0.29) is 18.5 Å². The third-order valence-electron chi connectivity index (χ3n) is 1.77. The van der Waals surface area contributed by atoms with Gasteiger partial charge in [-0.1, -0.05) is 0 Å². The quantitative estimate of drug-likeness (QED) is 0.568. The summed E-state index contributed by atoms with van der Waals surface area (Å²) < 4.78 is 0. The van der Waals surface area contributed by atoms with Gasteiger partial charge in [-0.25, -0.2) is 4.79 Å². The van der Waals surface area contributed by atoms with Crippen LogP contribution < -0.4 is 5.32 Å². The van der Waals surface area contributed by atoms with E-state index >= 15 is 0 Å². The van der Waals surface area contributed by atoms with Crippen LogP contribution in [0.4, 0.5) is 4.79 Å². The summed E-state index contributed by atoms with van der Waals surface area (Å²) >= 11 is 0. The van der Waals surface area contributed by atoms with E-state index in [2.05, 4.69) is 5.32 Å². The lowest BCUT2D eigenvalue weighted by molar-refractivity contribution is -0.137. The SMILES string of the molecule is CN1C(=O)NCC1CC(=O)O. The minimum atomic E-state index is -0.877. The molecule has 0 aromatic heterocycles. The van der Waals surface area contributed by atoms with Crippen LogP contribution in [0.1, 0.15) is 6.42 Å². The molecule has 2 N–H and O–H groups in total. The zero-order valence-corrected chi connectivity index (χ0v) is 6.20. The Morgan fingerprint density at radius 1 is 1.91 bits per heavy atom. The fourth-order valence-electron chi connectivity index (χ4n) is 1.04. The summed E-state index contributed by atoms with van der Waals surface area (Å²) in [5, 5.41) is 11.0. The van der Waals surface area contributed by atoms with E-state index in [1.54, 1.807) is 7.05 Å². The molecule has 1 aliphatic rings. The van der Waals surface area contributed by atoms with E-state index in [1.165, 1.54) is 4.90 Å². The van der Waals surface area contributed by atoms with Crippen LogP contribution in [0.15, 0.2) is 0 Å². The molecule has 1 aliphatic heterocycles. The molecular formula is C6H10N2O3. The van der Waals surface area contributed by atoms with Crippen molar-refractivity contribution in [2.75, 3.05) is 13.6 Å². The minimum absolute atomic E-state index is 0.00917. The lowest BCUT2D eigenvalue weighted by atomic mass is 10.2. The second kappa shape index (κ2) is 2.77. The molecule has 0 radical (unpaired) electrons. The first-order valence-corrected chi connectivity index (χ1v) is 3.33. The van der Waals surface area contributed by atoms with E-state index in [0.717, 1.165) is 0 Å². The number of hydrogen-bond donors (Lipinski definition) is 2. The molecule has 0 aromatic rings. The van der Waals surface area contributed by atoms with Gasteiger partial charge in [0.15, 0.2) is 0 Å². The maximum absolute atomic E-state index is 10.8. The number of nitrogens with one attached hydrogen (secondary N) is 1. The van der Waals surface area contributed by atoms with Crippen molar-refractivity contribution >= 4 is 12.0 Å². The molecule has 0 aliphatic carbocycles. The molecule has 1 atom stereocenters. The van der Waals surface area contributed by atoms with E-state index in [9.17, 15) is 9.59 Å². The zero-order chi connectivity index (χ0) is 8.43. The van der Waals surface area contributed by atoms with E-state index in [1.807, 2.05) is 0 Å². The Kier molecular flexibility index (Phi) is 1.98. The Morgan fingerprint density at radius 3 is 2.91 bits per heavy atom. The summed E-state index contributed by atoms with van der Waals surface area (Å²) in [4.78, 5) is 22.4. The van der Waals surface area contributed by atoms with Gasteiger partial charge in [0.2, 0.25) is 0 Å². The Labute approximate surface area is 64.0 Å². The normalized spacial score (nSPS) is 23.5. The second-order valence-electron chi connectivity index (χ2n) is 2.55. The van der Waals surface area contributed by atoms with Gasteiger partial charge in [-0.3, -0.25) is 4.79 Å². The number of aliphatic carboxylic acids is 1.